The molecule has 2 rings (SSSR count). The molecule has 1 atom stereocenters. The van der Waals surface area contributed by atoms with Crippen LogP contribution in [0.1, 0.15) is 36.8 Å². The van der Waals surface area contributed by atoms with Crippen molar-refractivity contribution in [2.45, 2.75) is 44.6 Å². The van der Waals surface area contributed by atoms with Gasteiger partial charge in [-0.15, -0.1) is 12.3 Å². The van der Waals surface area contributed by atoms with Gasteiger partial charge in [0.05, 0.1) is 0 Å². The number of hydrogen-bond donors (Lipinski definition) is 1. The third-order valence-corrected chi connectivity index (χ3v) is 4.07. The largest absolute Gasteiger partial charge is 0.314 e. The van der Waals surface area contributed by atoms with Crippen LogP contribution in [0, 0.1) is 12.3 Å². The van der Waals surface area contributed by atoms with E-state index in [-0.39, 0.29) is 0 Å². The molecule has 0 fully saturated rings. The summed E-state index contributed by atoms with van der Waals surface area (Å²) in [6.07, 6.45) is 12.1. The van der Waals surface area contributed by atoms with E-state index in [4.69, 9.17) is 6.42 Å². The second kappa shape index (κ2) is 6.97. The fourth-order valence-electron chi connectivity index (χ4n) is 2.56. The molecule has 1 N–H and O–H groups in total. The Morgan fingerprint density at radius 2 is 2.22 bits per heavy atom. The molecular weight excluding hydrogens is 286 g/mol. The van der Waals surface area contributed by atoms with Crippen LogP contribution < -0.4 is 5.32 Å². The summed E-state index contributed by atoms with van der Waals surface area (Å²) < 4.78 is 1.20. The zero-order chi connectivity index (χ0) is 12.8. The minimum absolute atomic E-state index is 0.643. The van der Waals surface area contributed by atoms with E-state index < -0.39 is 0 Å². The fourth-order valence-corrected chi connectivity index (χ4v) is 2.96. The van der Waals surface area contributed by atoms with E-state index in [1.54, 1.807) is 0 Å². The number of halogens is 1. The molecule has 1 aromatic rings. The average molecular weight is 306 g/mol. The second-order valence-electron chi connectivity index (χ2n) is 4.97. The van der Waals surface area contributed by atoms with Crippen molar-refractivity contribution in [2.75, 3.05) is 6.54 Å². The molecule has 0 saturated carbocycles. The number of fused-ring (bicyclic) bond motifs is 1. The Bertz CT molecular complexity index is 433. The molecular formula is C16H20BrN. The first-order valence-corrected chi connectivity index (χ1v) is 7.53. The lowest BCUT2D eigenvalue weighted by atomic mass is 9.88. The summed E-state index contributed by atoms with van der Waals surface area (Å²) in [4.78, 5) is 0. The average Bonchev–Trinajstić information content (AvgIpc) is 2.38. The fraction of sp³-hybridized carbons (Fsp3) is 0.500. The van der Waals surface area contributed by atoms with E-state index in [1.165, 1.54) is 34.9 Å². The maximum atomic E-state index is 5.24. The monoisotopic (exact) mass is 305 g/mol. The topological polar surface area (TPSA) is 12.0 Å². The predicted octanol–water partition coefficient (Wildman–Crippen LogP) is 3.70. The molecule has 1 aliphatic carbocycles. The molecule has 0 radical (unpaired) electrons. The van der Waals surface area contributed by atoms with Gasteiger partial charge in [-0.05, 0) is 61.9 Å². The van der Waals surface area contributed by atoms with Crippen LogP contribution in [0.3, 0.4) is 0 Å². The highest BCUT2D eigenvalue weighted by Gasteiger charge is 2.17. The first-order chi connectivity index (χ1) is 8.79. The molecule has 2 heteroatoms. The highest BCUT2D eigenvalue weighted by atomic mass is 79.9. The van der Waals surface area contributed by atoms with Crippen LogP contribution in [0.15, 0.2) is 22.7 Å². The Morgan fingerprint density at radius 3 is 3.06 bits per heavy atom. The molecule has 1 aromatic carbocycles. The van der Waals surface area contributed by atoms with Gasteiger partial charge < -0.3 is 5.32 Å². The van der Waals surface area contributed by atoms with Crippen LogP contribution in [0.25, 0.3) is 0 Å². The van der Waals surface area contributed by atoms with Gasteiger partial charge in [-0.25, -0.2) is 0 Å². The van der Waals surface area contributed by atoms with Crippen LogP contribution in [0.2, 0.25) is 0 Å². The summed E-state index contributed by atoms with van der Waals surface area (Å²) in [5.74, 6) is 2.69. The van der Waals surface area contributed by atoms with Crippen molar-refractivity contribution in [3.05, 3.63) is 33.8 Å². The molecule has 0 saturated heterocycles. The van der Waals surface area contributed by atoms with Gasteiger partial charge in [0, 0.05) is 16.9 Å². The Kier molecular flexibility index (Phi) is 5.28. The van der Waals surface area contributed by atoms with Crippen LogP contribution in [0.4, 0.5) is 0 Å². The van der Waals surface area contributed by atoms with Gasteiger partial charge in [-0.3, -0.25) is 0 Å². The number of rotatable bonds is 5. The molecule has 96 valence electrons. The smallest absolute Gasteiger partial charge is 0.0178 e. The van der Waals surface area contributed by atoms with Gasteiger partial charge in [0.25, 0.3) is 0 Å². The first-order valence-electron chi connectivity index (χ1n) is 6.74. The van der Waals surface area contributed by atoms with E-state index in [2.05, 4.69) is 45.4 Å². The van der Waals surface area contributed by atoms with Crippen molar-refractivity contribution >= 4 is 15.9 Å². The lowest BCUT2D eigenvalue weighted by Crippen LogP contribution is -2.35. The van der Waals surface area contributed by atoms with Crippen molar-refractivity contribution < 1.29 is 0 Å². The Balaban J connectivity index is 1.78. The van der Waals surface area contributed by atoms with E-state index in [1.807, 2.05) is 0 Å². The standard InChI is InChI=1S/C16H20BrN/c1-2-3-4-5-10-18-16-9-7-13-11-15(17)8-6-14(13)12-16/h1,6,8,11,16,18H,3-5,7,9-10,12H2. The summed E-state index contributed by atoms with van der Waals surface area (Å²) in [6, 6.07) is 7.31. The summed E-state index contributed by atoms with van der Waals surface area (Å²) in [6.45, 7) is 1.10. The van der Waals surface area contributed by atoms with Gasteiger partial charge in [0.2, 0.25) is 0 Å². The number of terminal acetylenes is 1. The zero-order valence-corrected chi connectivity index (χ0v) is 12.3. The molecule has 0 bridgehead atoms. The van der Waals surface area contributed by atoms with Crippen molar-refractivity contribution in [3.8, 4) is 12.3 Å². The summed E-state index contributed by atoms with van der Waals surface area (Å²) >= 11 is 3.54. The Labute approximate surface area is 118 Å². The van der Waals surface area contributed by atoms with E-state index in [9.17, 15) is 0 Å². The van der Waals surface area contributed by atoms with Crippen molar-refractivity contribution in [1.82, 2.24) is 5.32 Å². The van der Waals surface area contributed by atoms with Crippen LogP contribution in [-0.4, -0.2) is 12.6 Å². The van der Waals surface area contributed by atoms with Crippen LogP contribution in [0.5, 0.6) is 0 Å². The molecule has 18 heavy (non-hydrogen) atoms. The normalized spacial score (nSPS) is 18.1. The highest BCUT2D eigenvalue weighted by molar-refractivity contribution is 9.10. The summed E-state index contributed by atoms with van der Waals surface area (Å²) in [7, 11) is 0. The predicted molar refractivity (Wildman–Crippen MR) is 80.6 cm³/mol. The molecule has 0 heterocycles. The van der Waals surface area contributed by atoms with Gasteiger partial charge in [-0.2, -0.15) is 0 Å². The summed E-state index contributed by atoms with van der Waals surface area (Å²) in [5.41, 5.74) is 3.01. The molecule has 0 aliphatic heterocycles. The van der Waals surface area contributed by atoms with Crippen molar-refractivity contribution in [2.24, 2.45) is 0 Å². The number of unbranched alkanes of at least 4 members (excludes halogenated alkanes) is 2. The van der Waals surface area contributed by atoms with Gasteiger partial charge in [-0.1, -0.05) is 22.0 Å². The quantitative estimate of drug-likeness (QED) is 0.646. The third kappa shape index (κ3) is 3.86. The maximum Gasteiger partial charge on any atom is 0.0178 e. The van der Waals surface area contributed by atoms with Gasteiger partial charge >= 0.3 is 0 Å². The van der Waals surface area contributed by atoms with Crippen LogP contribution in [-0.2, 0) is 12.8 Å². The van der Waals surface area contributed by atoms with Gasteiger partial charge in [0.1, 0.15) is 0 Å². The number of nitrogens with one attached hydrogen (secondary N) is 1. The second-order valence-corrected chi connectivity index (χ2v) is 5.88. The SMILES string of the molecule is C#CCCCCNC1CCc2cc(Br)ccc2C1. The molecule has 0 aromatic heterocycles. The lowest BCUT2D eigenvalue weighted by molar-refractivity contribution is 0.451. The van der Waals surface area contributed by atoms with Gasteiger partial charge in [0.15, 0.2) is 0 Å². The van der Waals surface area contributed by atoms with Crippen molar-refractivity contribution in [3.63, 3.8) is 0 Å². The van der Waals surface area contributed by atoms with E-state index in [0.29, 0.717) is 6.04 Å². The minimum atomic E-state index is 0.643. The van der Waals surface area contributed by atoms with Crippen LogP contribution >= 0.6 is 15.9 Å². The molecule has 0 spiro atoms. The lowest BCUT2D eigenvalue weighted by Gasteiger charge is -2.25. The molecule has 1 unspecified atom stereocenters. The first kappa shape index (κ1) is 13.6. The molecule has 0 amide bonds. The zero-order valence-electron chi connectivity index (χ0n) is 10.7. The summed E-state index contributed by atoms with van der Waals surface area (Å²) in [5, 5.41) is 3.66. The number of benzene rings is 1. The van der Waals surface area contributed by atoms with E-state index in [0.717, 1.165) is 25.8 Å². The van der Waals surface area contributed by atoms with E-state index >= 15 is 0 Å². The maximum absolute atomic E-state index is 5.24. The molecule has 1 nitrogen and oxygen atoms in total. The molecule has 1 aliphatic rings. The number of aryl methyl sites for hydroxylation is 1. The Morgan fingerprint density at radius 1 is 1.33 bits per heavy atom. The van der Waals surface area contributed by atoms with Crippen molar-refractivity contribution in [1.29, 1.82) is 0 Å². The highest BCUT2D eigenvalue weighted by Crippen LogP contribution is 2.24. The minimum Gasteiger partial charge on any atom is -0.314 e. The Hall–Kier alpha value is -0.780. The number of hydrogen-bond acceptors (Lipinski definition) is 1. The third-order valence-electron chi connectivity index (χ3n) is 3.58.